The van der Waals surface area contributed by atoms with Gasteiger partial charge in [-0.1, -0.05) is 30.3 Å². The van der Waals surface area contributed by atoms with Crippen LogP contribution < -0.4 is 9.46 Å². The number of aryl methyl sites for hydroxylation is 1. The Hall–Kier alpha value is -2.80. The molecule has 1 aromatic heterocycles. The van der Waals surface area contributed by atoms with Gasteiger partial charge in [-0.25, -0.2) is 8.42 Å². The van der Waals surface area contributed by atoms with Gasteiger partial charge >= 0.3 is 0 Å². The highest BCUT2D eigenvalue weighted by Crippen LogP contribution is 2.27. The maximum Gasteiger partial charge on any atom is 0.265 e. The molecule has 0 aliphatic rings. The van der Waals surface area contributed by atoms with E-state index in [0.29, 0.717) is 23.7 Å². The van der Waals surface area contributed by atoms with Gasteiger partial charge in [0.1, 0.15) is 16.3 Å². The third-order valence-corrected chi connectivity index (χ3v) is 4.93. The predicted octanol–water partition coefficient (Wildman–Crippen LogP) is 3.29. The molecule has 1 N–H and O–H groups in total. The van der Waals surface area contributed by atoms with Gasteiger partial charge in [-0.05, 0) is 31.2 Å². The number of sulfonamides is 1. The van der Waals surface area contributed by atoms with Gasteiger partial charge < -0.3 is 4.74 Å². The molecule has 0 saturated heterocycles. The number of rotatable bonds is 6. The van der Waals surface area contributed by atoms with Crippen LogP contribution in [-0.4, -0.2) is 24.8 Å². The minimum Gasteiger partial charge on any atom is -0.494 e. The van der Waals surface area contributed by atoms with E-state index >= 15 is 0 Å². The van der Waals surface area contributed by atoms with E-state index in [-0.39, 0.29) is 4.90 Å². The van der Waals surface area contributed by atoms with Crippen LogP contribution in [0.2, 0.25) is 0 Å². The Kier molecular flexibility index (Phi) is 4.76. The number of hydrogen-bond donors (Lipinski definition) is 1. The quantitative estimate of drug-likeness (QED) is 0.735. The largest absolute Gasteiger partial charge is 0.494 e. The van der Waals surface area contributed by atoms with Crippen LogP contribution in [0.1, 0.15) is 6.92 Å². The van der Waals surface area contributed by atoms with Crippen molar-refractivity contribution in [1.29, 1.82) is 0 Å². The second kappa shape index (κ2) is 6.98. The molecule has 25 heavy (non-hydrogen) atoms. The molecule has 0 radical (unpaired) electrons. The molecule has 0 amide bonds. The van der Waals surface area contributed by atoms with Crippen molar-refractivity contribution in [3.05, 3.63) is 60.8 Å². The minimum atomic E-state index is -3.77. The number of aromatic nitrogens is 2. The van der Waals surface area contributed by atoms with Gasteiger partial charge in [0.15, 0.2) is 0 Å². The zero-order chi connectivity index (χ0) is 17.9. The molecule has 0 unspecified atom stereocenters. The molecule has 0 atom stereocenters. The van der Waals surface area contributed by atoms with Crippen LogP contribution >= 0.6 is 0 Å². The number of nitrogens with one attached hydrogen (secondary N) is 1. The highest BCUT2D eigenvalue weighted by Gasteiger charge is 2.23. The monoisotopic (exact) mass is 357 g/mol. The molecule has 0 aliphatic heterocycles. The Morgan fingerprint density at radius 1 is 1.08 bits per heavy atom. The van der Waals surface area contributed by atoms with E-state index < -0.39 is 10.0 Å². The summed E-state index contributed by atoms with van der Waals surface area (Å²) >= 11 is 0. The summed E-state index contributed by atoms with van der Waals surface area (Å²) in [7, 11) is -2.07. The fourth-order valence-electron chi connectivity index (χ4n) is 2.46. The van der Waals surface area contributed by atoms with Crippen molar-refractivity contribution in [2.45, 2.75) is 11.8 Å². The number of ether oxygens (including phenoxy) is 1. The summed E-state index contributed by atoms with van der Waals surface area (Å²) < 4.78 is 35.1. The topological polar surface area (TPSA) is 73.2 Å². The molecule has 6 nitrogen and oxygen atoms in total. The van der Waals surface area contributed by atoms with Crippen LogP contribution in [0.5, 0.6) is 5.75 Å². The fraction of sp³-hybridized carbons (Fsp3) is 0.167. The number of benzene rings is 2. The first-order valence-corrected chi connectivity index (χ1v) is 9.32. The van der Waals surface area contributed by atoms with E-state index in [0.717, 1.165) is 5.56 Å². The molecule has 0 spiro atoms. The van der Waals surface area contributed by atoms with Crippen LogP contribution in [-0.2, 0) is 17.1 Å². The van der Waals surface area contributed by atoms with Crippen molar-refractivity contribution in [3.63, 3.8) is 0 Å². The maximum absolute atomic E-state index is 12.8. The van der Waals surface area contributed by atoms with E-state index in [1.165, 1.54) is 10.9 Å². The number of nitrogens with zero attached hydrogens (tertiary/aromatic N) is 2. The molecular formula is C18H19N3O3S. The Morgan fingerprint density at radius 2 is 1.76 bits per heavy atom. The minimum absolute atomic E-state index is 0.134. The predicted molar refractivity (Wildman–Crippen MR) is 97.1 cm³/mol. The molecule has 2 aromatic carbocycles. The van der Waals surface area contributed by atoms with E-state index in [4.69, 9.17) is 4.74 Å². The summed E-state index contributed by atoms with van der Waals surface area (Å²) in [5.41, 5.74) is 1.63. The van der Waals surface area contributed by atoms with Crippen molar-refractivity contribution in [1.82, 2.24) is 9.78 Å². The summed E-state index contributed by atoms with van der Waals surface area (Å²) in [6, 6.07) is 16.0. The summed E-state index contributed by atoms with van der Waals surface area (Å²) in [6.07, 6.45) is 1.50. The zero-order valence-corrected chi connectivity index (χ0v) is 14.8. The average molecular weight is 357 g/mol. The van der Waals surface area contributed by atoms with E-state index in [1.807, 2.05) is 37.3 Å². The lowest BCUT2D eigenvalue weighted by Crippen LogP contribution is -2.13. The smallest absolute Gasteiger partial charge is 0.265 e. The lowest BCUT2D eigenvalue weighted by atomic mass is 10.2. The van der Waals surface area contributed by atoms with E-state index in [1.54, 1.807) is 31.3 Å². The first kappa shape index (κ1) is 17.0. The summed E-state index contributed by atoms with van der Waals surface area (Å²) in [5, 5.41) is 4.30. The van der Waals surface area contributed by atoms with Crippen molar-refractivity contribution in [2.75, 3.05) is 11.3 Å². The number of hydrogen-bond acceptors (Lipinski definition) is 4. The lowest BCUT2D eigenvalue weighted by Gasteiger charge is -2.09. The van der Waals surface area contributed by atoms with Crippen LogP contribution in [0.25, 0.3) is 11.3 Å². The van der Waals surface area contributed by atoms with Crippen molar-refractivity contribution in [2.24, 2.45) is 7.05 Å². The SMILES string of the molecule is CCOc1ccc(NS(=O)(=O)c2cn(C)nc2-c2ccccc2)cc1. The Bertz CT molecular complexity index is 949. The van der Waals surface area contributed by atoms with Gasteiger partial charge in [0.25, 0.3) is 10.0 Å². The Morgan fingerprint density at radius 3 is 2.40 bits per heavy atom. The molecule has 0 aliphatic carbocycles. The highest BCUT2D eigenvalue weighted by molar-refractivity contribution is 7.92. The zero-order valence-electron chi connectivity index (χ0n) is 14.0. The van der Waals surface area contributed by atoms with Gasteiger partial charge in [0.05, 0.1) is 6.61 Å². The molecule has 3 rings (SSSR count). The van der Waals surface area contributed by atoms with Gasteiger partial charge in [-0.3, -0.25) is 9.40 Å². The maximum atomic E-state index is 12.8. The molecule has 7 heteroatoms. The van der Waals surface area contributed by atoms with Gasteiger partial charge in [0.2, 0.25) is 0 Å². The van der Waals surface area contributed by atoms with E-state index in [2.05, 4.69) is 9.82 Å². The summed E-state index contributed by atoms with van der Waals surface area (Å²) in [5.74, 6) is 0.691. The van der Waals surface area contributed by atoms with Crippen molar-refractivity contribution >= 4 is 15.7 Å². The normalized spacial score (nSPS) is 11.3. The summed E-state index contributed by atoms with van der Waals surface area (Å²) in [4.78, 5) is 0.134. The Labute approximate surface area is 147 Å². The summed E-state index contributed by atoms with van der Waals surface area (Å²) in [6.45, 7) is 2.45. The third kappa shape index (κ3) is 3.83. The van der Waals surface area contributed by atoms with Crippen LogP contribution in [0, 0.1) is 0 Å². The second-order valence-electron chi connectivity index (χ2n) is 5.44. The van der Waals surface area contributed by atoms with Crippen LogP contribution in [0.3, 0.4) is 0 Å². The molecule has 0 bridgehead atoms. The van der Waals surface area contributed by atoms with Crippen LogP contribution in [0.4, 0.5) is 5.69 Å². The second-order valence-corrected chi connectivity index (χ2v) is 7.10. The first-order valence-electron chi connectivity index (χ1n) is 7.84. The lowest BCUT2D eigenvalue weighted by molar-refractivity contribution is 0.340. The van der Waals surface area contributed by atoms with Gasteiger partial charge in [-0.15, -0.1) is 0 Å². The van der Waals surface area contributed by atoms with Gasteiger partial charge in [0, 0.05) is 24.5 Å². The number of anilines is 1. The van der Waals surface area contributed by atoms with Crippen molar-refractivity contribution < 1.29 is 13.2 Å². The molecule has 0 saturated carbocycles. The molecule has 130 valence electrons. The van der Waals surface area contributed by atoms with Gasteiger partial charge in [-0.2, -0.15) is 5.10 Å². The molecule has 0 fully saturated rings. The van der Waals surface area contributed by atoms with Crippen LogP contribution in [0.15, 0.2) is 65.7 Å². The van der Waals surface area contributed by atoms with Crippen molar-refractivity contribution in [3.8, 4) is 17.0 Å². The average Bonchev–Trinajstić information content (AvgIpc) is 3.00. The van der Waals surface area contributed by atoms with E-state index in [9.17, 15) is 8.42 Å². The first-order chi connectivity index (χ1) is 12.0. The standard InChI is InChI=1S/C18H19N3O3S/c1-3-24-16-11-9-15(10-12-16)20-25(22,23)17-13-21(2)19-18(17)14-7-5-4-6-8-14/h4-13,20H,3H2,1-2H3. The molecule has 3 aromatic rings. The highest BCUT2D eigenvalue weighted by atomic mass is 32.2. The fourth-order valence-corrected chi connectivity index (χ4v) is 3.72. The third-order valence-electron chi connectivity index (χ3n) is 3.55. The molecule has 1 heterocycles. The molecular weight excluding hydrogens is 338 g/mol. The Balaban J connectivity index is 1.93.